The van der Waals surface area contributed by atoms with Gasteiger partial charge in [0.05, 0.1) is 5.69 Å². The summed E-state index contributed by atoms with van der Waals surface area (Å²) in [5, 5.41) is 8.87. The second-order valence-corrected chi connectivity index (χ2v) is 9.09. The summed E-state index contributed by atoms with van der Waals surface area (Å²) in [4.78, 5) is 7.12. The van der Waals surface area contributed by atoms with Gasteiger partial charge in [-0.05, 0) is 47.0 Å². The van der Waals surface area contributed by atoms with Crippen molar-refractivity contribution in [3.8, 4) is 0 Å². The highest BCUT2D eigenvalue weighted by Crippen LogP contribution is 2.44. The second kappa shape index (κ2) is 7.25. The SMILES string of the molecule is CSC(=S)N1CC2(CCCCC2)CSC1=Nc1cccc2nonc12. The first-order valence-corrected chi connectivity index (χ1v) is 11.1. The number of rotatable bonds is 1. The first kappa shape index (κ1) is 17.3. The minimum Gasteiger partial charge on any atom is -0.306 e. The summed E-state index contributed by atoms with van der Waals surface area (Å²) in [5.74, 6) is 1.12. The maximum atomic E-state index is 5.65. The summed E-state index contributed by atoms with van der Waals surface area (Å²) >= 11 is 9.09. The molecule has 1 aliphatic heterocycles. The standard InChI is InChI=1S/C17H20N4OS3/c1-24-16(23)21-10-17(8-3-2-4-9-17)11-25-15(21)18-12-6-5-7-13-14(12)20-22-19-13/h5-7H,2-4,8-11H2,1H3. The maximum Gasteiger partial charge on any atom is 0.170 e. The molecule has 5 nitrogen and oxygen atoms in total. The van der Waals surface area contributed by atoms with Crippen molar-refractivity contribution in [2.75, 3.05) is 18.6 Å². The van der Waals surface area contributed by atoms with E-state index < -0.39 is 0 Å². The van der Waals surface area contributed by atoms with Gasteiger partial charge in [-0.15, -0.1) is 0 Å². The van der Waals surface area contributed by atoms with Crippen LogP contribution in [0.5, 0.6) is 0 Å². The average Bonchev–Trinajstić information content (AvgIpc) is 3.13. The van der Waals surface area contributed by atoms with Crippen molar-refractivity contribution in [1.82, 2.24) is 15.2 Å². The molecule has 4 rings (SSSR count). The Hall–Kier alpha value is -1.12. The Kier molecular flexibility index (Phi) is 5.01. The molecule has 0 amide bonds. The number of aliphatic imine (C=N–C) groups is 1. The summed E-state index contributed by atoms with van der Waals surface area (Å²) in [5.41, 5.74) is 2.59. The highest BCUT2D eigenvalue weighted by atomic mass is 32.2. The van der Waals surface area contributed by atoms with Gasteiger partial charge in [-0.2, -0.15) is 0 Å². The molecule has 1 aromatic carbocycles. The van der Waals surface area contributed by atoms with Crippen molar-refractivity contribution in [1.29, 1.82) is 0 Å². The van der Waals surface area contributed by atoms with Crippen LogP contribution in [0.3, 0.4) is 0 Å². The normalized spacial score (nSPS) is 22.0. The number of fused-ring (bicyclic) bond motifs is 1. The maximum absolute atomic E-state index is 5.65. The van der Waals surface area contributed by atoms with Gasteiger partial charge in [-0.1, -0.05) is 61.1 Å². The van der Waals surface area contributed by atoms with E-state index in [4.69, 9.17) is 21.8 Å². The van der Waals surface area contributed by atoms with Crippen LogP contribution >= 0.6 is 35.7 Å². The summed E-state index contributed by atoms with van der Waals surface area (Å²) in [6.07, 6.45) is 8.65. The molecule has 132 valence electrons. The third-order valence-electron chi connectivity index (χ3n) is 5.02. The third-order valence-corrected chi connectivity index (χ3v) is 7.64. The van der Waals surface area contributed by atoms with Gasteiger partial charge in [0, 0.05) is 12.3 Å². The van der Waals surface area contributed by atoms with Crippen molar-refractivity contribution in [3.05, 3.63) is 18.2 Å². The van der Waals surface area contributed by atoms with E-state index in [2.05, 4.69) is 15.2 Å². The highest BCUT2D eigenvalue weighted by Gasteiger charge is 2.40. The zero-order valence-electron chi connectivity index (χ0n) is 14.1. The van der Waals surface area contributed by atoms with E-state index in [1.54, 1.807) is 11.8 Å². The Morgan fingerprint density at radius 2 is 2.16 bits per heavy atom. The molecule has 8 heteroatoms. The van der Waals surface area contributed by atoms with Crippen LogP contribution in [0.4, 0.5) is 5.69 Å². The number of benzene rings is 1. The van der Waals surface area contributed by atoms with Gasteiger partial charge in [-0.3, -0.25) is 0 Å². The molecule has 2 heterocycles. The Morgan fingerprint density at radius 1 is 1.32 bits per heavy atom. The first-order chi connectivity index (χ1) is 12.2. The van der Waals surface area contributed by atoms with Gasteiger partial charge in [-0.25, -0.2) is 9.62 Å². The zero-order valence-corrected chi connectivity index (χ0v) is 16.6. The van der Waals surface area contributed by atoms with Gasteiger partial charge in [0.15, 0.2) is 10.7 Å². The van der Waals surface area contributed by atoms with Crippen molar-refractivity contribution in [2.24, 2.45) is 10.4 Å². The van der Waals surface area contributed by atoms with E-state index in [-0.39, 0.29) is 0 Å². The molecule has 1 spiro atoms. The summed E-state index contributed by atoms with van der Waals surface area (Å²) < 4.78 is 5.75. The Labute approximate surface area is 161 Å². The Morgan fingerprint density at radius 3 is 2.96 bits per heavy atom. The molecule has 0 N–H and O–H groups in total. The smallest absolute Gasteiger partial charge is 0.170 e. The van der Waals surface area contributed by atoms with Crippen LogP contribution in [-0.2, 0) is 0 Å². The van der Waals surface area contributed by atoms with Crippen LogP contribution in [0, 0.1) is 5.41 Å². The highest BCUT2D eigenvalue weighted by molar-refractivity contribution is 8.23. The van der Waals surface area contributed by atoms with Crippen molar-refractivity contribution in [2.45, 2.75) is 32.1 Å². The van der Waals surface area contributed by atoms with Crippen molar-refractivity contribution >= 4 is 62.0 Å². The molecule has 1 aromatic heterocycles. The number of hydrogen-bond donors (Lipinski definition) is 0. The summed E-state index contributed by atoms with van der Waals surface area (Å²) in [7, 11) is 0. The molecule has 0 unspecified atom stereocenters. The lowest BCUT2D eigenvalue weighted by molar-refractivity contribution is 0.194. The molecular weight excluding hydrogens is 372 g/mol. The molecular formula is C17H20N4OS3. The number of thiocarbonyl (C=S) groups is 1. The van der Waals surface area contributed by atoms with Crippen molar-refractivity contribution in [3.63, 3.8) is 0 Å². The van der Waals surface area contributed by atoms with E-state index in [9.17, 15) is 0 Å². The van der Waals surface area contributed by atoms with Gasteiger partial charge in [0.1, 0.15) is 9.84 Å². The van der Waals surface area contributed by atoms with E-state index in [0.717, 1.165) is 33.0 Å². The first-order valence-electron chi connectivity index (χ1n) is 8.49. The molecule has 0 bridgehead atoms. The molecule has 1 saturated carbocycles. The molecule has 2 fully saturated rings. The fourth-order valence-corrected chi connectivity index (χ4v) is 5.61. The minimum atomic E-state index is 0.378. The Balaban J connectivity index is 1.68. The predicted octanol–water partition coefficient (Wildman–Crippen LogP) is 4.86. The quantitative estimate of drug-likeness (QED) is 0.643. The summed E-state index contributed by atoms with van der Waals surface area (Å²) in [6.45, 7) is 0.978. The predicted molar refractivity (Wildman–Crippen MR) is 110 cm³/mol. The lowest BCUT2D eigenvalue weighted by atomic mass is 9.75. The van der Waals surface area contributed by atoms with Crippen molar-refractivity contribution < 1.29 is 4.63 Å². The fraction of sp³-hybridized carbons (Fsp3) is 0.529. The van der Waals surface area contributed by atoms with E-state index in [1.807, 2.05) is 36.2 Å². The number of thioether (sulfide) groups is 2. The largest absolute Gasteiger partial charge is 0.306 e. The van der Waals surface area contributed by atoms with E-state index in [0.29, 0.717) is 10.9 Å². The summed E-state index contributed by atoms with van der Waals surface area (Å²) in [6, 6.07) is 5.76. The monoisotopic (exact) mass is 392 g/mol. The topological polar surface area (TPSA) is 54.5 Å². The molecule has 25 heavy (non-hydrogen) atoms. The van der Waals surface area contributed by atoms with Crippen LogP contribution in [-0.4, -0.2) is 43.3 Å². The fourth-order valence-electron chi connectivity index (χ4n) is 3.68. The number of hydrogen-bond acceptors (Lipinski definition) is 7. The second-order valence-electron chi connectivity index (χ2n) is 6.71. The minimum absolute atomic E-state index is 0.378. The van der Waals surface area contributed by atoms with Crippen LogP contribution < -0.4 is 0 Å². The molecule has 2 aliphatic rings. The molecule has 1 saturated heterocycles. The molecule has 2 aromatic rings. The van der Waals surface area contributed by atoms with Gasteiger partial charge in [0.2, 0.25) is 0 Å². The van der Waals surface area contributed by atoms with Crippen LogP contribution in [0.25, 0.3) is 11.0 Å². The molecule has 0 radical (unpaired) electrons. The molecule has 0 atom stereocenters. The Bertz CT molecular complexity index is 813. The average molecular weight is 393 g/mol. The van der Waals surface area contributed by atoms with E-state index >= 15 is 0 Å². The van der Waals surface area contributed by atoms with Gasteiger partial charge >= 0.3 is 0 Å². The van der Waals surface area contributed by atoms with Gasteiger partial charge in [0.25, 0.3) is 0 Å². The lowest BCUT2D eigenvalue weighted by Crippen LogP contribution is -2.48. The lowest BCUT2D eigenvalue weighted by Gasteiger charge is -2.45. The number of nitrogens with zero attached hydrogens (tertiary/aromatic N) is 4. The van der Waals surface area contributed by atoms with Crippen LogP contribution in [0.15, 0.2) is 27.8 Å². The van der Waals surface area contributed by atoms with Crippen LogP contribution in [0.2, 0.25) is 0 Å². The zero-order chi connectivity index (χ0) is 17.3. The van der Waals surface area contributed by atoms with E-state index in [1.165, 1.54) is 32.1 Å². The number of aromatic nitrogens is 2. The van der Waals surface area contributed by atoms with Gasteiger partial charge < -0.3 is 4.90 Å². The number of amidine groups is 1. The third kappa shape index (κ3) is 3.44. The van der Waals surface area contributed by atoms with Crippen LogP contribution in [0.1, 0.15) is 32.1 Å². The molecule has 1 aliphatic carbocycles.